The summed E-state index contributed by atoms with van der Waals surface area (Å²) in [6.07, 6.45) is -3.53. The summed E-state index contributed by atoms with van der Waals surface area (Å²) in [7, 11) is 0. The monoisotopic (exact) mass is 376 g/mol. The largest absolute Gasteiger partial charge is 0.416 e. The van der Waals surface area contributed by atoms with Gasteiger partial charge in [-0.2, -0.15) is 13.2 Å². The van der Waals surface area contributed by atoms with Crippen molar-refractivity contribution in [1.82, 2.24) is 9.88 Å². The van der Waals surface area contributed by atoms with Gasteiger partial charge in [0.05, 0.1) is 11.1 Å². The Morgan fingerprint density at radius 1 is 1.08 bits per heavy atom. The van der Waals surface area contributed by atoms with Crippen LogP contribution in [0.4, 0.5) is 13.2 Å². The molecule has 0 amide bonds. The molecule has 26 heavy (non-hydrogen) atoms. The molecule has 4 rings (SSSR count). The van der Waals surface area contributed by atoms with Crippen LogP contribution in [0.25, 0.3) is 10.9 Å². The minimum absolute atomic E-state index is 0.483. The van der Waals surface area contributed by atoms with E-state index in [0.717, 1.165) is 41.2 Å². The predicted molar refractivity (Wildman–Crippen MR) is 96.0 cm³/mol. The second-order valence-corrected chi connectivity index (χ2v) is 7.03. The molecule has 0 radical (unpaired) electrons. The lowest BCUT2D eigenvalue weighted by Crippen LogP contribution is -2.30. The SMILES string of the molecule is FC(F)(F)c1cccc(CN2CCc3nc4ccc(Cl)cc4cc3C2)c1. The van der Waals surface area contributed by atoms with E-state index in [4.69, 9.17) is 16.6 Å². The van der Waals surface area contributed by atoms with Gasteiger partial charge in [-0.05, 0) is 41.5 Å². The Balaban J connectivity index is 1.57. The van der Waals surface area contributed by atoms with Crippen molar-refractivity contribution < 1.29 is 13.2 Å². The molecule has 0 fully saturated rings. The van der Waals surface area contributed by atoms with Crippen molar-refractivity contribution in [2.45, 2.75) is 25.7 Å². The first-order valence-corrected chi connectivity index (χ1v) is 8.73. The number of hydrogen-bond donors (Lipinski definition) is 0. The van der Waals surface area contributed by atoms with Gasteiger partial charge in [0.1, 0.15) is 0 Å². The van der Waals surface area contributed by atoms with Gasteiger partial charge in [0.2, 0.25) is 0 Å². The van der Waals surface area contributed by atoms with Crippen LogP contribution < -0.4 is 0 Å². The summed E-state index contributed by atoms with van der Waals surface area (Å²) in [5.74, 6) is 0. The fraction of sp³-hybridized carbons (Fsp3) is 0.250. The van der Waals surface area contributed by atoms with Crippen LogP contribution in [0.3, 0.4) is 0 Å². The fourth-order valence-electron chi connectivity index (χ4n) is 3.41. The number of halogens is 4. The van der Waals surface area contributed by atoms with Crippen molar-refractivity contribution in [2.24, 2.45) is 0 Å². The molecule has 0 spiro atoms. The van der Waals surface area contributed by atoms with E-state index in [-0.39, 0.29) is 0 Å². The van der Waals surface area contributed by atoms with Gasteiger partial charge < -0.3 is 0 Å². The molecule has 1 aliphatic heterocycles. The second kappa shape index (κ2) is 6.56. The molecule has 0 saturated carbocycles. The number of hydrogen-bond acceptors (Lipinski definition) is 2. The highest BCUT2D eigenvalue weighted by atomic mass is 35.5. The van der Waals surface area contributed by atoms with E-state index in [1.807, 2.05) is 18.2 Å². The summed E-state index contributed by atoms with van der Waals surface area (Å²) < 4.78 is 38.7. The van der Waals surface area contributed by atoms with Gasteiger partial charge in [0, 0.05) is 42.2 Å². The molecule has 0 saturated heterocycles. The minimum Gasteiger partial charge on any atom is -0.294 e. The quantitative estimate of drug-likeness (QED) is 0.590. The molecule has 0 bridgehead atoms. The van der Waals surface area contributed by atoms with Gasteiger partial charge in [-0.3, -0.25) is 9.88 Å². The maximum absolute atomic E-state index is 12.9. The van der Waals surface area contributed by atoms with E-state index in [1.165, 1.54) is 12.1 Å². The molecule has 0 N–H and O–H groups in total. The number of benzene rings is 2. The third-order valence-corrected chi connectivity index (χ3v) is 4.90. The van der Waals surface area contributed by atoms with Gasteiger partial charge in [-0.1, -0.05) is 29.8 Å². The number of alkyl halides is 3. The average molecular weight is 377 g/mol. The highest BCUT2D eigenvalue weighted by Crippen LogP contribution is 2.30. The van der Waals surface area contributed by atoms with Crippen molar-refractivity contribution in [2.75, 3.05) is 6.54 Å². The molecule has 134 valence electrons. The average Bonchev–Trinajstić information content (AvgIpc) is 2.59. The molecule has 0 atom stereocenters. The summed E-state index contributed by atoms with van der Waals surface area (Å²) in [5.41, 5.74) is 3.15. The van der Waals surface area contributed by atoms with Gasteiger partial charge in [-0.25, -0.2) is 0 Å². The predicted octanol–water partition coefficient (Wildman–Crippen LogP) is 5.47. The van der Waals surface area contributed by atoms with Crippen molar-refractivity contribution >= 4 is 22.5 Å². The number of fused-ring (bicyclic) bond motifs is 2. The molecule has 2 nitrogen and oxygen atoms in total. The Bertz CT molecular complexity index is 969. The van der Waals surface area contributed by atoms with Gasteiger partial charge in [-0.15, -0.1) is 0 Å². The summed E-state index contributed by atoms with van der Waals surface area (Å²) in [6, 6.07) is 13.2. The second-order valence-electron chi connectivity index (χ2n) is 6.59. The summed E-state index contributed by atoms with van der Waals surface area (Å²) in [5, 5.41) is 1.65. The van der Waals surface area contributed by atoms with E-state index in [9.17, 15) is 13.2 Å². The van der Waals surface area contributed by atoms with E-state index < -0.39 is 11.7 Å². The van der Waals surface area contributed by atoms with Crippen LogP contribution in [-0.2, 0) is 25.7 Å². The molecule has 2 heterocycles. The number of pyridine rings is 1. The molecular weight excluding hydrogens is 361 g/mol. The van der Waals surface area contributed by atoms with Crippen LogP contribution in [-0.4, -0.2) is 16.4 Å². The van der Waals surface area contributed by atoms with Crippen molar-refractivity contribution in [3.8, 4) is 0 Å². The van der Waals surface area contributed by atoms with Crippen LogP contribution in [0.2, 0.25) is 5.02 Å². The third kappa shape index (κ3) is 3.55. The van der Waals surface area contributed by atoms with Crippen LogP contribution in [0.15, 0.2) is 48.5 Å². The zero-order chi connectivity index (χ0) is 18.3. The molecule has 2 aromatic carbocycles. The standard InChI is InChI=1S/C20H16ClF3N2/c21-17-4-5-18-14(10-17)9-15-12-26(7-6-19(15)25-18)11-13-2-1-3-16(8-13)20(22,23)24/h1-5,8-10H,6-7,11-12H2. The van der Waals surface area contributed by atoms with Crippen LogP contribution >= 0.6 is 11.6 Å². The van der Waals surface area contributed by atoms with E-state index in [2.05, 4.69) is 11.0 Å². The smallest absolute Gasteiger partial charge is 0.294 e. The Morgan fingerprint density at radius 3 is 2.73 bits per heavy atom. The normalized spacial score (nSPS) is 15.2. The molecular formula is C20H16ClF3N2. The van der Waals surface area contributed by atoms with Crippen LogP contribution in [0.5, 0.6) is 0 Å². The zero-order valence-electron chi connectivity index (χ0n) is 13.9. The Morgan fingerprint density at radius 2 is 1.92 bits per heavy atom. The van der Waals surface area contributed by atoms with E-state index in [1.54, 1.807) is 6.07 Å². The van der Waals surface area contributed by atoms with E-state index >= 15 is 0 Å². The Hall–Kier alpha value is -2.11. The maximum atomic E-state index is 12.9. The third-order valence-electron chi connectivity index (χ3n) is 4.66. The highest BCUT2D eigenvalue weighted by Gasteiger charge is 2.30. The zero-order valence-corrected chi connectivity index (χ0v) is 14.6. The number of aromatic nitrogens is 1. The van der Waals surface area contributed by atoms with Crippen molar-refractivity contribution in [1.29, 1.82) is 0 Å². The van der Waals surface area contributed by atoms with Crippen LogP contribution in [0, 0.1) is 0 Å². The van der Waals surface area contributed by atoms with Gasteiger partial charge in [0.15, 0.2) is 0 Å². The van der Waals surface area contributed by atoms with Crippen molar-refractivity contribution in [3.63, 3.8) is 0 Å². The Labute approximate surface area is 154 Å². The molecule has 0 unspecified atom stereocenters. The first-order valence-electron chi connectivity index (χ1n) is 8.35. The first-order chi connectivity index (χ1) is 12.4. The Kier molecular flexibility index (Phi) is 4.37. The first kappa shape index (κ1) is 17.3. The van der Waals surface area contributed by atoms with Crippen LogP contribution in [0.1, 0.15) is 22.4 Å². The highest BCUT2D eigenvalue weighted by molar-refractivity contribution is 6.31. The summed E-state index contributed by atoms with van der Waals surface area (Å²) in [4.78, 5) is 6.86. The summed E-state index contributed by atoms with van der Waals surface area (Å²) in [6.45, 7) is 1.92. The molecule has 0 aliphatic carbocycles. The topological polar surface area (TPSA) is 16.1 Å². The minimum atomic E-state index is -4.31. The van der Waals surface area contributed by atoms with Gasteiger partial charge >= 0.3 is 6.18 Å². The molecule has 6 heteroatoms. The molecule has 3 aromatic rings. The summed E-state index contributed by atoms with van der Waals surface area (Å²) >= 11 is 6.06. The van der Waals surface area contributed by atoms with Crippen molar-refractivity contribution in [3.05, 3.63) is 75.9 Å². The van der Waals surface area contributed by atoms with E-state index in [0.29, 0.717) is 23.7 Å². The number of rotatable bonds is 2. The van der Waals surface area contributed by atoms with Gasteiger partial charge in [0.25, 0.3) is 0 Å². The lowest BCUT2D eigenvalue weighted by Gasteiger charge is -2.28. The molecule has 1 aromatic heterocycles. The lowest BCUT2D eigenvalue weighted by atomic mass is 10.0. The maximum Gasteiger partial charge on any atom is 0.416 e. The fourth-order valence-corrected chi connectivity index (χ4v) is 3.59. The number of nitrogens with zero attached hydrogens (tertiary/aromatic N) is 2. The lowest BCUT2D eigenvalue weighted by molar-refractivity contribution is -0.137. The molecule has 1 aliphatic rings.